The highest BCUT2D eigenvalue weighted by Crippen LogP contribution is 2.32. The van der Waals surface area contributed by atoms with Crippen molar-refractivity contribution in [3.05, 3.63) is 42.1 Å². The van der Waals surface area contributed by atoms with Gasteiger partial charge in [-0.1, -0.05) is 49.9 Å². The highest BCUT2D eigenvalue weighted by Gasteiger charge is 2.24. The third-order valence-corrected chi connectivity index (χ3v) is 4.49. The molecule has 0 amide bonds. The van der Waals surface area contributed by atoms with Crippen LogP contribution in [0, 0.1) is 5.92 Å². The number of aromatic nitrogens is 1. The van der Waals surface area contributed by atoms with Gasteiger partial charge in [-0.3, -0.25) is 16.3 Å². The van der Waals surface area contributed by atoms with Gasteiger partial charge in [-0.15, -0.1) is 0 Å². The molecule has 0 saturated heterocycles. The van der Waals surface area contributed by atoms with E-state index in [1.165, 1.54) is 43.9 Å². The predicted molar refractivity (Wildman–Crippen MR) is 83.0 cm³/mol. The third kappa shape index (κ3) is 2.84. The number of para-hydroxylation sites is 1. The number of nitrogens with one attached hydrogen (secondary N) is 1. The van der Waals surface area contributed by atoms with Gasteiger partial charge in [0.25, 0.3) is 0 Å². The summed E-state index contributed by atoms with van der Waals surface area (Å²) in [4.78, 5) is 4.81. The van der Waals surface area contributed by atoms with Gasteiger partial charge in [0.05, 0.1) is 17.3 Å². The monoisotopic (exact) mass is 269 g/mol. The summed E-state index contributed by atoms with van der Waals surface area (Å²) in [6.45, 7) is 0. The largest absolute Gasteiger partial charge is 0.271 e. The van der Waals surface area contributed by atoms with E-state index in [9.17, 15) is 0 Å². The van der Waals surface area contributed by atoms with Crippen LogP contribution in [-0.4, -0.2) is 4.98 Å². The fourth-order valence-electron chi connectivity index (χ4n) is 3.36. The molecule has 1 aromatic heterocycles. The van der Waals surface area contributed by atoms with Crippen LogP contribution >= 0.6 is 0 Å². The lowest BCUT2D eigenvalue weighted by Crippen LogP contribution is -2.34. The van der Waals surface area contributed by atoms with Crippen LogP contribution in [0.25, 0.3) is 10.9 Å². The van der Waals surface area contributed by atoms with Crippen LogP contribution in [0.3, 0.4) is 0 Å². The van der Waals surface area contributed by atoms with Crippen molar-refractivity contribution < 1.29 is 0 Å². The zero-order valence-electron chi connectivity index (χ0n) is 11.9. The van der Waals surface area contributed by atoms with E-state index < -0.39 is 0 Å². The fraction of sp³-hybridized carbons (Fsp3) is 0.471. The Kier molecular flexibility index (Phi) is 4.28. The van der Waals surface area contributed by atoms with Crippen molar-refractivity contribution in [1.29, 1.82) is 0 Å². The zero-order chi connectivity index (χ0) is 13.8. The van der Waals surface area contributed by atoms with Gasteiger partial charge in [-0.05, 0) is 30.9 Å². The Hall–Kier alpha value is -1.45. The van der Waals surface area contributed by atoms with Crippen LogP contribution in [0.5, 0.6) is 0 Å². The summed E-state index contributed by atoms with van der Waals surface area (Å²) < 4.78 is 0. The molecule has 0 radical (unpaired) electrons. The van der Waals surface area contributed by atoms with Gasteiger partial charge in [0.2, 0.25) is 0 Å². The number of hydrazine groups is 1. The molecule has 0 spiro atoms. The molecule has 3 heteroatoms. The van der Waals surface area contributed by atoms with E-state index in [4.69, 9.17) is 10.8 Å². The maximum atomic E-state index is 5.84. The van der Waals surface area contributed by atoms with E-state index in [1.807, 2.05) is 12.1 Å². The second-order valence-corrected chi connectivity index (χ2v) is 5.82. The lowest BCUT2D eigenvalue weighted by atomic mass is 9.89. The summed E-state index contributed by atoms with van der Waals surface area (Å²) >= 11 is 0. The molecule has 3 N–H and O–H groups in total. The number of nitrogens with two attached hydrogens (primary N) is 1. The van der Waals surface area contributed by atoms with Crippen molar-refractivity contribution in [3.8, 4) is 0 Å². The first-order valence-corrected chi connectivity index (χ1v) is 7.70. The first kappa shape index (κ1) is 13.5. The molecule has 1 aliphatic rings. The summed E-state index contributed by atoms with van der Waals surface area (Å²) in [6.07, 6.45) is 7.86. The minimum absolute atomic E-state index is 0.178. The highest BCUT2D eigenvalue weighted by atomic mass is 15.2. The van der Waals surface area contributed by atoms with Crippen molar-refractivity contribution in [2.45, 2.75) is 44.6 Å². The fourth-order valence-corrected chi connectivity index (χ4v) is 3.36. The molecule has 1 unspecified atom stereocenters. The van der Waals surface area contributed by atoms with E-state index in [0.29, 0.717) is 5.92 Å². The van der Waals surface area contributed by atoms with Crippen LogP contribution in [0.1, 0.15) is 50.3 Å². The molecule has 2 aromatic rings. The number of pyridine rings is 1. The normalized spacial score (nSPS) is 18.9. The van der Waals surface area contributed by atoms with Crippen LogP contribution in [0.15, 0.2) is 36.4 Å². The molecule has 0 aliphatic heterocycles. The Labute approximate surface area is 120 Å². The van der Waals surface area contributed by atoms with E-state index in [2.05, 4.69) is 29.7 Å². The lowest BCUT2D eigenvalue weighted by molar-refractivity contribution is 0.324. The maximum Gasteiger partial charge on any atom is 0.0706 e. The molecule has 1 heterocycles. The second kappa shape index (κ2) is 6.33. The number of benzene rings is 1. The van der Waals surface area contributed by atoms with Crippen LogP contribution in [0.4, 0.5) is 0 Å². The topological polar surface area (TPSA) is 50.9 Å². The standard InChI is InChI=1S/C17H23N3/c18-20-17(14-8-3-1-2-4-9-14)16-12-11-13-7-5-6-10-15(13)19-16/h5-7,10-12,14,17,20H,1-4,8-9,18H2. The van der Waals surface area contributed by atoms with Crippen molar-refractivity contribution in [2.75, 3.05) is 0 Å². The molecule has 1 atom stereocenters. The van der Waals surface area contributed by atoms with Crippen molar-refractivity contribution in [1.82, 2.24) is 10.4 Å². The molecule has 106 valence electrons. The van der Waals surface area contributed by atoms with Crippen molar-refractivity contribution in [3.63, 3.8) is 0 Å². The molecule has 0 bridgehead atoms. The Bertz CT molecular complexity index is 559. The lowest BCUT2D eigenvalue weighted by Gasteiger charge is -2.25. The summed E-state index contributed by atoms with van der Waals surface area (Å²) in [5, 5.41) is 1.19. The average Bonchev–Trinajstić information content (AvgIpc) is 2.77. The van der Waals surface area contributed by atoms with Crippen LogP contribution in [-0.2, 0) is 0 Å². The van der Waals surface area contributed by atoms with Gasteiger partial charge in [-0.2, -0.15) is 0 Å². The number of rotatable bonds is 3. The van der Waals surface area contributed by atoms with Crippen molar-refractivity contribution in [2.24, 2.45) is 11.8 Å². The molecule has 3 nitrogen and oxygen atoms in total. The predicted octanol–water partition coefficient (Wildman–Crippen LogP) is 3.71. The third-order valence-electron chi connectivity index (χ3n) is 4.49. The van der Waals surface area contributed by atoms with Gasteiger partial charge in [0, 0.05) is 5.39 Å². The minimum Gasteiger partial charge on any atom is -0.271 e. The number of hydrogen-bond acceptors (Lipinski definition) is 3. The minimum atomic E-state index is 0.178. The van der Waals surface area contributed by atoms with E-state index in [0.717, 1.165) is 11.2 Å². The molecule has 1 aromatic carbocycles. The molecule has 1 aliphatic carbocycles. The maximum absolute atomic E-state index is 5.84. The zero-order valence-corrected chi connectivity index (χ0v) is 11.9. The molecular weight excluding hydrogens is 246 g/mol. The van der Waals surface area contributed by atoms with Crippen LogP contribution < -0.4 is 11.3 Å². The first-order chi connectivity index (χ1) is 9.88. The quantitative estimate of drug-likeness (QED) is 0.507. The van der Waals surface area contributed by atoms with Gasteiger partial charge in [0.1, 0.15) is 0 Å². The Morgan fingerprint density at radius 1 is 1.00 bits per heavy atom. The molecule has 1 fully saturated rings. The van der Waals surface area contributed by atoms with Crippen LogP contribution in [0.2, 0.25) is 0 Å². The van der Waals surface area contributed by atoms with Gasteiger partial charge >= 0.3 is 0 Å². The summed E-state index contributed by atoms with van der Waals surface area (Å²) in [7, 11) is 0. The van der Waals surface area contributed by atoms with E-state index >= 15 is 0 Å². The number of fused-ring (bicyclic) bond motifs is 1. The first-order valence-electron chi connectivity index (χ1n) is 7.70. The number of hydrogen-bond donors (Lipinski definition) is 2. The summed E-state index contributed by atoms with van der Waals surface area (Å²) in [6, 6.07) is 12.7. The van der Waals surface area contributed by atoms with Gasteiger partial charge in [0.15, 0.2) is 0 Å². The van der Waals surface area contributed by atoms with E-state index in [1.54, 1.807) is 0 Å². The molecule has 1 saturated carbocycles. The molecule has 3 rings (SSSR count). The van der Waals surface area contributed by atoms with Gasteiger partial charge in [-0.25, -0.2) is 0 Å². The van der Waals surface area contributed by atoms with Gasteiger partial charge < -0.3 is 0 Å². The highest BCUT2D eigenvalue weighted by molar-refractivity contribution is 5.78. The molecule has 20 heavy (non-hydrogen) atoms. The second-order valence-electron chi connectivity index (χ2n) is 5.82. The summed E-state index contributed by atoms with van der Waals surface area (Å²) in [5.74, 6) is 6.45. The van der Waals surface area contributed by atoms with E-state index in [-0.39, 0.29) is 6.04 Å². The Morgan fingerprint density at radius 3 is 2.50 bits per heavy atom. The molecular formula is C17H23N3. The average molecular weight is 269 g/mol. The number of nitrogens with zero attached hydrogens (tertiary/aromatic N) is 1. The Balaban J connectivity index is 1.89. The Morgan fingerprint density at radius 2 is 1.75 bits per heavy atom. The smallest absolute Gasteiger partial charge is 0.0706 e. The summed E-state index contributed by atoms with van der Waals surface area (Å²) in [5.41, 5.74) is 5.15. The SMILES string of the molecule is NNC(c1ccc2ccccc2n1)C1CCCCCC1. The van der Waals surface area contributed by atoms with Crippen molar-refractivity contribution >= 4 is 10.9 Å².